The Kier molecular flexibility index (Phi) is 4.88. The van der Waals surface area contributed by atoms with Crippen LogP contribution in [0.1, 0.15) is 37.9 Å². The Morgan fingerprint density at radius 1 is 1.22 bits per heavy atom. The third-order valence-corrected chi connectivity index (χ3v) is 8.11. The number of thioether (sulfide) groups is 1. The first-order chi connectivity index (χ1) is 12.8. The minimum atomic E-state index is -3.02. The second-order valence-corrected chi connectivity index (χ2v) is 11.0. The number of benzene rings is 1. The molecule has 1 saturated heterocycles. The zero-order valence-corrected chi connectivity index (χ0v) is 17.1. The fraction of sp³-hybridized carbons (Fsp3) is 0.526. The molecule has 144 valence electrons. The number of nitrogens with zero attached hydrogens (tertiary/aromatic N) is 3. The van der Waals surface area contributed by atoms with E-state index in [0.29, 0.717) is 12.3 Å². The van der Waals surface area contributed by atoms with E-state index in [-0.39, 0.29) is 28.7 Å². The molecular weight excluding hydrogens is 382 g/mol. The second kappa shape index (κ2) is 7.05. The molecule has 1 aromatic heterocycles. The molecule has 2 aromatic rings. The van der Waals surface area contributed by atoms with E-state index in [9.17, 15) is 13.2 Å². The maximum absolute atomic E-state index is 12.9. The number of fused-ring (bicyclic) bond motifs is 1. The molecule has 1 aliphatic heterocycles. The molecule has 2 aliphatic rings. The molecule has 6 nitrogen and oxygen atoms in total. The summed E-state index contributed by atoms with van der Waals surface area (Å²) in [4.78, 5) is 23.9. The van der Waals surface area contributed by atoms with Crippen molar-refractivity contribution >= 4 is 38.4 Å². The molecular formula is C19H23N3O3S2. The summed E-state index contributed by atoms with van der Waals surface area (Å²) in [6, 6.07) is 7.65. The number of para-hydroxylation sites is 1. The molecule has 0 spiro atoms. The maximum Gasteiger partial charge on any atom is 0.235 e. The van der Waals surface area contributed by atoms with Gasteiger partial charge in [0.15, 0.2) is 9.84 Å². The van der Waals surface area contributed by atoms with E-state index >= 15 is 0 Å². The quantitative estimate of drug-likeness (QED) is 0.562. The standard InChI is InChI=1S/C19H23N3O3S2/c1-12(19(23)22(2)14-9-10-27(24,25)11-14)26-18-15-5-3-4-6-16(15)20-17(21-18)13-7-8-13/h3-6,12-14H,7-11H2,1-2H3. The molecule has 8 heteroatoms. The van der Waals surface area contributed by atoms with Gasteiger partial charge in [0, 0.05) is 24.4 Å². The molecule has 27 heavy (non-hydrogen) atoms. The fourth-order valence-corrected chi connectivity index (χ4v) is 6.27. The van der Waals surface area contributed by atoms with Gasteiger partial charge in [0.1, 0.15) is 10.9 Å². The molecule has 2 atom stereocenters. The molecule has 1 aromatic carbocycles. The highest BCUT2D eigenvalue weighted by atomic mass is 32.2. The van der Waals surface area contributed by atoms with E-state index in [1.54, 1.807) is 11.9 Å². The van der Waals surface area contributed by atoms with Crippen molar-refractivity contribution in [3.05, 3.63) is 30.1 Å². The topological polar surface area (TPSA) is 80.2 Å². The Morgan fingerprint density at radius 3 is 2.63 bits per heavy atom. The number of amides is 1. The summed E-state index contributed by atoms with van der Waals surface area (Å²) in [6.07, 6.45) is 2.76. The van der Waals surface area contributed by atoms with Crippen molar-refractivity contribution in [2.24, 2.45) is 0 Å². The lowest BCUT2D eigenvalue weighted by Gasteiger charge is -2.26. The summed E-state index contributed by atoms with van der Waals surface area (Å²) in [5.41, 5.74) is 0.909. The van der Waals surface area contributed by atoms with Crippen LogP contribution in [0, 0.1) is 0 Å². The van der Waals surface area contributed by atoms with Crippen molar-refractivity contribution in [1.29, 1.82) is 0 Å². The van der Waals surface area contributed by atoms with Crippen LogP contribution in [0.25, 0.3) is 10.9 Å². The Labute approximate surface area is 163 Å². The van der Waals surface area contributed by atoms with Crippen molar-refractivity contribution in [3.8, 4) is 0 Å². The van der Waals surface area contributed by atoms with Crippen LogP contribution >= 0.6 is 11.8 Å². The van der Waals surface area contributed by atoms with Gasteiger partial charge < -0.3 is 4.90 Å². The Bertz CT molecular complexity index is 989. The summed E-state index contributed by atoms with van der Waals surface area (Å²) in [5.74, 6) is 1.47. The van der Waals surface area contributed by atoms with Gasteiger partial charge >= 0.3 is 0 Å². The molecule has 1 aliphatic carbocycles. The average Bonchev–Trinajstić information content (AvgIpc) is 3.43. The van der Waals surface area contributed by atoms with Gasteiger partial charge in [0.25, 0.3) is 0 Å². The SMILES string of the molecule is CC(Sc1nc(C2CC2)nc2ccccc12)C(=O)N(C)C1CCS(=O)(=O)C1. The van der Waals surface area contributed by atoms with Gasteiger partial charge in [-0.2, -0.15) is 0 Å². The van der Waals surface area contributed by atoms with E-state index in [1.807, 2.05) is 31.2 Å². The molecule has 1 amide bonds. The van der Waals surface area contributed by atoms with E-state index in [0.717, 1.165) is 34.6 Å². The number of sulfone groups is 1. The molecule has 0 radical (unpaired) electrons. The minimum absolute atomic E-state index is 0.0576. The van der Waals surface area contributed by atoms with Crippen molar-refractivity contribution in [2.75, 3.05) is 18.6 Å². The highest BCUT2D eigenvalue weighted by molar-refractivity contribution is 8.00. The predicted octanol–water partition coefficient (Wildman–Crippen LogP) is 2.63. The highest BCUT2D eigenvalue weighted by Gasteiger charge is 2.34. The normalized spacial score (nSPS) is 22.7. The number of hydrogen-bond donors (Lipinski definition) is 0. The Balaban J connectivity index is 1.55. The van der Waals surface area contributed by atoms with Crippen molar-refractivity contribution < 1.29 is 13.2 Å². The Hall–Kier alpha value is -1.67. The predicted molar refractivity (Wildman–Crippen MR) is 107 cm³/mol. The minimum Gasteiger partial charge on any atom is -0.341 e. The number of aromatic nitrogens is 2. The molecule has 2 heterocycles. The first kappa shape index (κ1) is 18.7. The van der Waals surface area contributed by atoms with Gasteiger partial charge in [0.05, 0.1) is 22.3 Å². The van der Waals surface area contributed by atoms with Crippen LogP contribution < -0.4 is 0 Å². The summed E-state index contributed by atoms with van der Waals surface area (Å²) >= 11 is 1.44. The zero-order chi connectivity index (χ0) is 19.2. The largest absolute Gasteiger partial charge is 0.341 e. The van der Waals surface area contributed by atoms with Gasteiger partial charge in [-0.25, -0.2) is 18.4 Å². The third-order valence-electron chi connectivity index (χ3n) is 5.27. The molecule has 1 saturated carbocycles. The van der Waals surface area contributed by atoms with E-state index in [2.05, 4.69) is 4.98 Å². The summed E-state index contributed by atoms with van der Waals surface area (Å²) in [5, 5.41) is 1.44. The average molecular weight is 406 g/mol. The molecule has 4 rings (SSSR count). The summed E-state index contributed by atoms with van der Waals surface area (Å²) in [6.45, 7) is 1.86. The molecule has 0 N–H and O–H groups in total. The summed E-state index contributed by atoms with van der Waals surface area (Å²) in [7, 11) is -1.31. The van der Waals surface area contributed by atoms with Gasteiger partial charge in [-0.1, -0.05) is 30.0 Å². The number of carbonyl (C=O) groups is 1. The van der Waals surface area contributed by atoms with E-state index < -0.39 is 9.84 Å². The van der Waals surface area contributed by atoms with E-state index in [1.165, 1.54) is 11.8 Å². The van der Waals surface area contributed by atoms with Crippen LogP contribution in [0.5, 0.6) is 0 Å². The molecule has 2 fully saturated rings. The fourth-order valence-electron chi connectivity index (χ4n) is 3.44. The number of hydrogen-bond acceptors (Lipinski definition) is 6. The van der Waals surface area contributed by atoms with Gasteiger partial charge in [-0.15, -0.1) is 0 Å². The first-order valence-corrected chi connectivity index (χ1v) is 11.9. The maximum atomic E-state index is 12.9. The molecule has 0 bridgehead atoms. The molecule has 2 unspecified atom stereocenters. The van der Waals surface area contributed by atoms with Gasteiger partial charge in [-0.05, 0) is 32.3 Å². The second-order valence-electron chi connectivity index (χ2n) is 7.44. The van der Waals surface area contributed by atoms with Crippen LogP contribution in [0.4, 0.5) is 0 Å². The van der Waals surface area contributed by atoms with Crippen LogP contribution in [0.3, 0.4) is 0 Å². The van der Waals surface area contributed by atoms with E-state index in [4.69, 9.17) is 4.98 Å². The number of carbonyl (C=O) groups excluding carboxylic acids is 1. The smallest absolute Gasteiger partial charge is 0.235 e. The van der Waals surface area contributed by atoms with Crippen molar-refractivity contribution in [1.82, 2.24) is 14.9 Å². The van der Waals surface area contributed by atoms with Crippen LogP contribution in [0.2, 0.25) is 0 Å². The zero-order valence-electron chi connectivity index (χ0n) is 15.5. The lowest BCUT2D eigenvalue weighted by molar-refractivity contribution is -0.130. The van der Waals surface area contributed by atoms with Crippen LogP contribution in [-0.2, 0) is 14.6 Å². The lowest BCUT2D eigenvalue weighted by atomic mass is 10.2. The van der Waals surface area contributed by atoms with Gasteiger partial charge in [-0.3, -0.25) is 4.79 Å². The number of rotatable bonds is 5. The van der Waals surface area contributed by atoms with Crippen LogP contribution in [0.15, 0.2) is 29.3 Å². The van der Waals surface area contributed by atoms with Crippen LogP contribution in [-0.4, -0.2) is 59.0 Å². The van der Waals surface area contributed by atoms with Crippen molar-refractivity contribution in [3.63, 3.8) is 0 Å². The summed E-state index contributed by atoms with van der Waals surface area (Å²) < 4.78 is 23.4. The lowest BCUT2D eigenvalue weighted by Crippen LogP contribution is -2.41. The first-order valence-electron chi connectivity index (χ1n) is 9.24. The Morgan fingerprint density at radius 2 is 1.96 bits per heavy atom. The van der Waals surface area contributed by atoms with Crippen molar-refractivity contribution in [2.45, 2.75) is 48.4 Å². The third kappa shape index (κ3) is 3.96. The van der Waals surface area contributed by atoms with Gasteiger partial charge in [0.2, 0.25) is 5.91 Å². The monoisotopic (exact) mass is 405 g/mol. The highest BCUT2D eigenvalue weighted by Crippen LogP contribution is 2.40.